The number of primary amides is 2. The molecule has 0 spiro atoms. The van der Waals surface area contributed by atoms with Crippen LogP contribution in [0.4, 0.5) is 0 Å². The average Bonchev–Trinajstić information content (AvgIpc) is 3.83. The second-order valence-electron chi connectivity index (χ2n) is 11.8. The highest BCUT2D eigenvalue weighted by Gasteiger charge is 2.31. The molecule has 4 aliphatic rings. The summed E-state index contributed by atoms with van der Waals surface area (Å²) < 4.78 is 0. The molecule has 14 heteroatoms. The van der Waals surface area contributed by atoms with Crippen molar-refractivity contribution in [2.24, 2.45) is 11.5 Å². The van der Waals surface area contributed by atoms with Crippen LogP contribution < -0.4 is 11.5 Å². The molecule has 0 aliphatic carbocycles. The lowest BCUT2D eigenvalue weighted by molar-refractivity contribution is -0.136. The number of Topliss-reactive ketones (excluding diaryl/α,β-unsaturated/α-hetero) is 2. The fourth-order valence-electron chi connectivity index (χ4n) is 6.09. The minimum atomic E-state index is -0.534. The van der Waals surface area contributed by atoms with Gasteiger partial charge in [-0.3, -0.25) is 38.4 Å². The van der Waals surface area contributed by atoms with Gasteiger partial charge in [0, 0.05) is 58.8 Å². The normalized spacial score (nSPS) is 19.2. The first kappa shape index (κ1) is 41.7. The Morgan fingerprint density at radius 1 is 0.625 bits per heavy atom. The van der Waals surface area contributed by atoms with Crippen LogP contribution in [0, 0.1) is 0 Å². The Labute approximate surface area is 283 Å². The molecule has 0 radical (unpaired) electrons. The Bertz CT molecular complexity index is 1180. The van der Waals surface area contributed by atoms with Gasteiger partial charge >= 0.3 is 0 Å². The lowest BCUT2D eigenvalue weighted by Gasteiger charge is -2.23. The van der Waals surface area contributed by atoms with Gasteiger partial charge in [-0.2, -0.15) is 0 Å². The fraction of sp³-hybridized carbons (Fsp3) is 0.647. The summed E-state index contributed by atoms with van der Waals surface area (Å²) in [4.78, 5) is 95.0. The first-order chi connectivity index (χ1) is 22.7. The van der Waals surface area contributed by atoms with Crippen molar-refractivity contribution in [2.45, 2.75) is 118 Å². The Balaban J connectivity index is 0.000000320. The molecule has 4 saturated heterocycles. The van der Waals surface area contributed by atoms with Crippen LogP contribution in [0.5, 0.6) is 0 Å². The number of carbonyl (C=O) groups is 8. The minimum Gasteiger partial charge on any atom is -0.368 e. The summed E-state index contributed by atoms with van der Waals surface area (Å²) in [5.41, 5.74) is 11.1. The predicted molar refractivity (Wildman–Crippen MR) is 179 cm³/mol. The number of likely N-dealkylation sites (tertiary alicyclic amines) is 4. The van der Waals surface area contributed by atoms with Gasteiger partial charge in [-0.1, -0.05) is 26.0 Å². The molecule has 4 N–H and O–H groups in total. The summed E-state index contributed by atoms with van der Waals surface area (Å²) in [6.45, 7) is 13.1. The van der Waals surface area contributed by atoms with Crippen molar-refractivity contribution >= 4 is 47.0 Å². The number of nitrogens with two attached hydrogens (primary N) is 2. The number of amides is 6. The number of allylic oxidation sites excluding steroid dienone is 3. The van der Waals surface area contributed by atoms with Crippen molar-refractivity contribution < 1.29 is 38.4 Å². The second-order valence-corrected chi connectivity index (χ2v) is 11.8. The molecule has 6 amide bonds. The standard InChI is InChI=1S/C9H15NO2.C9H13NO2.C8H14N2O2.C8H12N2O2/c2*1-3-8(7(2)11)10-6-4-5-9(10)12;2*1-2-6(8(9)12)10-5-3-4-7(10)11/h8H,3-6H2,1-2H3;3H,4-6H2,1-2H3;6H,2-5H2,1H3,(H2,9,12);2H,3-5H2,1H3,(H2,9,12)/t8-;;6-;/m0.0./s1. The molecule has 0 aromatic carbocycles. The van der Waals surface area contributed by atoms with E-state index in [1.807, 2.05) is 13.8 Å². The second kappa shape index (κ2) is 20.8. The fourth-order valence-corrected chi connectivity index (χ4v) is 6.09. The van der Waals surface area contributed by atoms with E-state index >= 15 is 0 Å². The first-order valence-corrected chi connectivity index (χ1v) is 16.8. The van der Waals surface area contributed by atoms with Crippen LogP contribution in [-0.2, 0) is 38.4 Å². The number of hydrogen-bond acceptors (Lipinski definition) is 8. The zero-order chi connectivity index (χ0) is 36.6. The van der Waals surface area contributed by atoms with E-state index in [9.17, 15) is 38.4 Å². The molecule has 4 rings (SSSR count). The summed E-state index contributed by atoms with van der Waals surface area (Å²) >= 11 is 0. The van der Waals surface area contributed by atoms with Crippen LogP contribution >= 0.6 is 0 Å². The molecule has 48 heavy (non-hydrogen) atoms. The predicted octanol–water partition coefficient (Wildman–Crippen LogP) is 1.95. The number of nitrogens with zero attached hydrogens (tertiary/aromatic N) is 4. The number of ketones is 2. The smallest absolute Gasteiger partial charge is 0.265 e. The molecule has 4 heterocycles. The molecule has 0 aromatic rings. The molecular formula is C34H54N6O8. The number of carbonyl (C=O) groups excluding carboxylic acids is 8. The topological polar surface area (TPSA) is 202 Å². The molecule has 0 saturated carbocycles. The summed E-state index contributed by atoms with van der Waals surface area (Å²) in [7, 11) is 0. The van der Waals surface area contributed by atoms with Gasteiger partial charge in [0.05, 0.1) is 11.7 Å². The molecule has 4 fully saturated rings. The van der Waals surface area contributed by atoms with Crippen LogP contribution in [0.25, 0.3) is 0 Å². The van der Waals surface area contributed by atoms with Gasteiger partial charge in [-0.05, 0) is 59.3 Å². The third kappa shape index (κ3) is 12.0. The summed E-state index contributed by atoms with van der Waals surface area (Å²) in [6.07, 6.45) is 10.3. The lowest BCUT2D eigenvalue weighted by Crippen LogP contribution is -2.44. The van der Waals surface area contributed by atoms with E-state index in [0.717, 1.165) is 38.6 Å². The molecule has 268 valence electrons. The van der Waals surface area contributed by atoms with Crippen molar-refractivity contribution in [3.05, 3.63) is 23.5 Å². The van der Waals surface area contributed by atoms with Gasteiger partial charge in [0.25, 0.3) is 5.91 Å². The van der Waals surface area contributed by atoms with E-state index in [2.05, 4.69) is 0 Å². The number of rotatable bonds is 10. The monoisotopic (exact) mass is 674 g/mol. The van der Waals surface area contributed by atoms with E-state index < -0.39 is 11.8 Å². The SMILES string of the molecule is CC=C(C(C)=O)N1CCCC1=O.CC=C(C(N)=O)N1CCCC1=O.CC[C@@H](C(C)=O)N1CCCC1=O.CC[C@@H](C(N)=O)N1CCCC1=O. The zero-order valence-electron chi connectivity index (χ0n) is 29.4. The summed E-state index contributed by atoms with van der Waals surface area (Å²) in [6, 6.07) is -0.556. The average molecular weight is 675 g/mol. The minimum absolute atomic E-state index is 0.0121. The highest BCUT2D eigenvalue weighted by molar-refractivity contribution is 5.98. The highest BCUT2D eigenvalue weighted by Crippen LogP contribution is 2.18. The molecule has 14 nitrogen and oxygen atoms in total. The first-order valence-electron chi connectivity index (χ1n) is 16.8. The van der Waals surface area contributed by atoms with E-state index in [4.69, 9.17) is 11.5 Å². The third-order valence-electron chi connectivity index (χ3n) is 8.43. The van der Waals surface area contributed by atoms with Crippen molar-refractivity contribution in [2.75, 3.05) is 26.2 Å². The van der Waals surface area contributed by atoms with Crippen LogP contribution in [-0.4, -0.2) is 105 Å². The lowest BCUT2D eigenvalue weighted by atomic mass is 10.1. The van der Waals surface area contributed by atoms with Crippen LogP contribution in [0.1, 0.15) is 106 Å². The van der Waals surface area contributed by atoms with Gasteiger partial charge in [0.2, 0.25) is 29.5 Å². The zero-order valence-corrected chi connectivity index (χ0v) is 29.4. The maximum Gasteiger partial charge on any atom is 0.265 e. The Kier molecular flexibility index (Phi) is 18.0. The Morgan fingerprint density at radius 2 is 1.00 bits per heavy atom. The van der Waals surface area contributed by atoms with Gasteiger partial charge in [-0.25, -0.2) is 0 Å². The number of hydrogen-bond donors (Lipinski definition) is 2. The molecule has 0 bridgehead atoms. The van der Waals surface area contributed by atoms with Crippen LogP contribution in [0.15, 0.2) is 23.5 Å². The van der Waals surface area contributed by atoms with Crippen LogP contribution in [0.2, 0.25) is 0 Å². The van der Waals surface area contributed by atoms with Gasteiger partial charge in [0.15, 0.2) is 11.6 Å². The van der Waals surface area contributed by atoms with E-state index in [0.29, 0.717) is 63.1 Å². The summed E-state index contributed by atoms with van der Waals surface area (Å²) in [5.74, 6) is -0.612. The maximum atomic E-state index is 11.3. The van der Waals surface area contributed by atoms with E-state index in [1.165, 1.54) is 11.8 Å². The van der Waals surface area contributed by atoms with Crippen LogP contribution in [0.3, 0.4) is 0 Å². The molecule has 4 aliphatic heterocycles. The van der Waals surface area contributed by atoms with E-state index in [1.54, 1.807) is 47.6 Å². The molecular weight excluding hydrogens is 620 g/mol. The largest absolute Gasteiger partial charge is 0.368 e. The molecule has 0 aromatic heterocycles. The van der Waals surface area contributed by atoms with Crippen molar-refractivity contribution in [3.8, 4) is 0 Å². The van der Waals surface area contributed by atoms with Crippen molar-refractivity contribution in [3.63, 3.8) is 0 Å². The van der Waals surface area contributed by atoms with Crippen molar-refractivity contribution in [1.29, 1.82) is 0 Å². The highest BCUT2D eigenvalue weighted by atomic mass is 16.2. The van der Waals surface area contributed by atoms with Gasteiger partial charge in [-0.15, -0.1) is 0 Å². The molecule has 2 atom stereocenters. The van der Waals surface area contributed by atoms with Gasteiger partial charge in [0.1, 0.15) is 11.7 Å². The van der Waals surface area contributed by atoms with Gasteiger partial charge < -0.3 is 31.1 Å². The maximum absolute atomic E-state index is 11.3. The third-order valence-corrected chi connectivity index (χ3v) is 8.43. The Hall–Kier alpha value is -4.36. The van der Waals surface area contributed by atoms with E-state index in [-0.39, 0.29) is 47.3 Å². The quantitative estimate of drug-likeness (QED) is 0.327. The van der Waals surface area contributed by atoms with Crippen molar-refractivity contribution in [1.82, 2.24) is 19.6 Å². The molecule has 0 unspecified atom stereocenters. The Morgan fingerprint density at radius 3 is 1.25 bits per heavy atom. The summed E-state index contributed by atoms with van der Waals surface area (Å²) in [5, 5.41) is 0.